The topological polar surface area (TPSA) is 88.1 Å². The van der Waals surface area contributed by atoms with E-state index in [9.17, 15) is 14.4 Å². The minimum atomic E-state index is -0.375. The van der Waals surface area contributed by atoms with E-state index in [1.807, 2.05) is 32.0 Å². The maximum absolute atomic E-state index is 12.7. The van der Waals surface area contributed by atoms with Crippen molar-refractivity contribution in [1.82, 2.24) is 18.7 Å². The van der Waals surface area contributed by atoms with Crippen LogP contribution in [-0.2, 0) is 25.4 Å². The lowest BCUT2D eigenvalue weighted by Crippen LogP contribution is -2.39. The van der Waals surface area contributed by atoms with Crippen LogP contribution in [0.5, 0.6) is 0 Å². The molecule has 0 saturated heterocycles. The van der Waals surface area contributed by atoms with Crippen LogP contribution in [0.15, 0.2) is 40.2 Å². The first-order valence-electron chi connectivity index (χ1n) is 9.68. The third kappa shape index (κ3) is 4.16. The summed E-state index contributed by atoms with van der Waals surface area (Å²) in [5.74, 6) is -0.331. The highest BCUT2D eigenvalue weighted by atomic mass is 16.5. The molecule has 0 radical (unpaired) electrons. The van der Waals surface area contributed by atoms with E-state index >= 15 is 0 Å². The van der Waals surface area contributed by atoms with Crippen LogP contribution in [0, 0.1) is 6.92 Å². The monoisotopic (exact) mass is 398 g/mol. The molecule has 0 N–H and O–H groups in total. The first-order valence-corrected chi connectivity index (χ1v) is 9.68. The number of aryl methyl sites for hydroxylation is 3. The fraction of sp³-hybridized carbons (Fsp3) is 0.429. The van der Waals surface area contributed by atoms with Gasteiger partial charge in [0.15, 0.2) is 11.2 Å². The molecule has 29 heavy (non-hydrogen) atoms. The van der Waals surface area contributed by atoms with Crippen molar-refractivity contribution < 1.29 is 9.53 Å². The van der Waals surface area contributed by atoms with Gasteiger partial charge in [0.25, 0.3) is 5.56 Å². The van der Waals surface area contributed by atoms with Crippen LogP contribution in [0.1, 0.15) is 42.1 Å². The average Bonchev–Trinajstić information content (AvgIpc) is 3.07. The highest BCUT2D eigenvalue weighted by Gasteiger charge is 2.16. The number of unbranched alkanes of at least 4 members (excludes halogenated alkanes) is 1. The van der Waals surface area contributed by atoms with Crippen LogP contribution in [0.2, 0.25) is 0 Å². The second kappa shape index (κ2) is 8.46. The van der Waals surface area contributed by atoms with Gasteiger partial charge in [-0.15, -0.1) is 0 Å². The Morgan fingerprint density at radius 2 is 1.90 bits per heavy atom. The van der Waals surface area contributed by atoms with Gasteiger partial charge in [-0.1, -0.05) is 18.2 Å². The van der Waals surface area contributed by atoms with Gasteiger partial charge in [0.2, 0.25) is 0 Å². The number of fused-ring (bicyclic) bond motifs is 1. The first kappa shape index (κ1) is 20.6. The lowest BCUT2D eigenvalue weighted by molar-refractivity contribution is 0.0318. The van der Waals surface area contributed by atoms with Crippen LogP contribution in [0.25, 0.3) is 11.2 Å². The van der Waals surface area contributed by atoms with Crippen molar-refractivity contribution >= 4 is 17.1 Å². The molecule has 0 fully saturated rings. The van der Waals surface area contributed by atoms with Crippen LogP contribution in [-0.4, -0.2) is 30.8 Å². The molecule has 2 heterocycles. The largest absolute Gasteiger partial charge is 0.459 e. The molecule has 0 saturated carbocycles. The summed E-state index contributed by atoms with van der Waals surface area (Å²) >= 11 is 0. The average molecular weight is 398 g/mol. The fourth-order valence-corrected chi connectivity index (χ4v) is 3.40. The number of carbonyl (C=O) groups is 1. The predicted octanol–water partition coefficient (Wildman–Crippen LogP) is 2.16. The summed E-state index contributed by atoms with van der Waals surface area (Å²) in [4.78, 5) is 41.5. The number of hydrogen-bond acceptors (Lipinski definition) is 5. The number of ether oxygens (including phenoxy) is 1. The van der Waals surface area contributed by atoms with Crippen molar-refractivity contribution in [2.45, 2.75) is 45.8 Å². The standard InChI is InChI=1S/C21H26N4O4/c1-14-9-5-6-11-16(14)20(27)29-15(2)10-7-8-12-25-19(26)17-18(22-13-23(17)3)24(4)21(25)28/h5-6,9,11,13,15H,7-8,10,12H2,1-4H3. The zero-order chi connectivity index (χ0) is 21.1. The molecule has 3 aromatic rings. The molecule has 1 aromatic carbocycles. The van der Waals surface area contributed by atoms with Crippen LogP contribution in [0.3, 0.4) is 0 Å². The fourth-order valence-electron chi connectivity index (χ4n) is 3.40. The number of carbonyl (C=O) groups excluding carboxylic acids is 1. The van der Waals surface area contributed by atoms with Crippen molar-refractivity contribution in [2.75, 3.05) is 0 Å². The summed E-state index contributed by atoms with van der Waals surface area (Å²) in [5.41, 5.74) is 1.54. The Balaban J connectivity index is 1.59. The van der Waals surface area contributed by atoms with E-state index < -0.39 is 0 Å². The summed E-state index contributed by atoms with van der Waals surface area (Å²) in [6.45, 7) is 4.03. The number of esters is 1. The van der Waals surface area contributed by atoms with Gasteiger partial charge in [-0.3, -0.25) is 13.9 Å². The van der Waals surface area contributed by atoms with Crippen molar-refractivity contribution in [2.24, 2.45) is 14.1 Å². The van der Waals surface area contributed by atoms with Gasteiger partial charge in [-0.05, 0) is 44.7 Å². The van der Waals surface area contributed by atoms with Crippen molar-refractivity contribution in [3.63, 3.8) is 0 Å². The molecule has 0 aliphatic carbocycles. The number of nitrogens with zero attached hydrogens (tertiary/aromatic N) is 4. The zero-order valence-corrected chi connectivity index (χ0v) is 17.2. The van der Waals surface area contributed by atoms with Gasteiger partial charge in [0, 0.05) is 20.6 Å². The van der Waals surface area contributed by atoms with E-state index in [1.165, 1.54) is 15.5 Å². The summed E-state index contributed by atoms with van der Waals surface area (Å²) in [7, 11) is 3.34. The van der Waals surface area contributed by atoms with E-state index in [4.69, 9.17) is 4.74 Å². The van der Waals surface area contributed by atoms with Gasteiger partial charge < -0.3 is 9.30 Å². The van der Waals surface area contributed by atoms with Gasteiger partial charge >= 0.3 is 11.7 Å². The number of imidazole rings is 1. The maximum atomic E-state index is 12.7. The predicted molar refractivity (Wildman–Crippen MR) is 110 cm³/mol. The van der Waals surface area contributed by atoms with Gasteiger partial charge in [-0.2, -0.15) is 0 Å². The Bertz CT molecular complexity index is 1160. The van der Waals surface area contributed by atoms with E-state index in [2.05, 4.69) is 4.98 Å². The van der Waals surface area contributed by atoms with Gasteiger partial charge in [0.05, 0.1) is 18.0 Å². The molecule has 1 unspecified atom stereocenters. The highest BCUT2D eigenvalue weighted by molar-refractivity contribution is 5.91. The minimum Gasteiger partial charge on any atom is -0.459 e. The summed E-state index contributed by atoms with van der Waals surface area (Å²) in [5, 5.41) is 0. The molecule has 3 rings (SSSR count). The molecule has 0 aliphatic heterocycles. The van der Waals surface area contributed by atoms with Crippen LogP contribution < -0.4 is 11.2 Å². The van der Waals surface area contributed by atoms with Crippen molar-refractivity contribution in [1.29, 1.82) is 0 Å². The second-order valence-electron chi connectivity index (χ2n) is 7.35. The molecule has 8 nitrogen and oxygen atoms in total. The Morgan fingerprint density at radius 3 is 2.62 bits per heavy atom. The van der Waals surface area contributed by atoms with Crippen molar-refractivity contribution in [3.8, 4) is 0 Å². The lowest BCUT2D eigenvalue weighted by atomic mass is 10.1. The molecule has 154 valence electrons. The first-order chi connectivity index (χ1) is 13.8. The molecule has 0 amide bonds. The summed E-state index contributed by atoms with van der Waals surface area (Å²) < 4.78 is 9.78. The van der Waals surface area contributed by atoms with Crippen molar-refractivity contribution in [3.05, 3.63) is 62.6 Å². The summed E-state index contributed by atoms with van der Waals surface area (Å²) in [6.07, 6.45) is 3.29. The lowest BCUT2D eigenvalue weighted by Gasteiger charge is -2.14. The van der Waals surface area contributed by atoms with E-state index in [0.717, 1.165) is 12.0 Å². The Labute approximate surface area is 168 Å². The molecule has 1 atom stereocenters. The van der Waals surface area contributed by atoms with Crippen LogP contribution >= 0.6 is 0 Å². The molecule has 0 spiro atoms. The Hall–Kier alpha value is -3.16. The second-order valence-corrected chi connectivity index (χ2v) is 7.35. The third-order valence-corrected chi connectivity index (χ3v) is 5.12. The highest BCUT2D eigenvalue weighted by Crippen LogP contribution is 2.13. The number of benzene rings is 1. The molecule has 2 aromatic heterocycles. The maximum Gasteiger partial charge on any atom is 0.338 e. The smallest absolute Gasteiger partial charge is 0.338 e. The number of rotatable bonds is 7. The van der Waals surface area contributed by atoms with E-state index in [-0.39, 0.29) is 23.3 Å². The number of hydrogen-bond donors (Lipinski definition) is 0. The SMILES string of the molecule is Cc1ccccc1C(=O)OC(C)CCCCn1c(=O)c2c(ncn2C)n(C)c1=O. The normalized spacial score (nSPS) is 12.3. The Kier molecular flexibility index (Phi) is 6.00. The van der Waals surface area contributed by atoms with E-state index in [1.54, 1.807) is 24.7 Å². The summed E-state index contributed by atoms with van der Waals surface area (Å²) in [6, 6.07) is 7.32. The third-order valence-electron chi connectivity index (χ3n) is 5.12. The van der Waals surface area contributed by atoms with Gasteiger partial charge in [-0.25, -0.2) is 14.6 Å². The zero-order valence-electron chi connectivity index (χ0n) is 17.2. The molecular formula is C21H26N4O4. The molecule has 0 aliphatic rings. The number of aromatic nitrogens is 4. The molecular weight excluding hydrogens is 372 g/mol. The molecule has 8 heteroatoms. The van der Waals surface area contributed by atoms with Gasteiger partial charge in [0.1, 0.15) is 0 Å². The molecule has 0 bridgehead atoms. The minimum absolute atomic E-state index is 0.249. The van der Waals surface area contributed by atoms with Crippen LogP contribution in [0.4, 0.5) is 0 Å². The van der Waals surface area contributed by atoms with E-state index in [0.29, 0.717) is 36.1 Å². The quantitative estimate of drug-likeness (QED) is 0.450. The Morgan fingerprint density at radius 1 is 1.17 bits per heavy atom.